The zero-order valence-corrected chi connectivity index (χ0v) is 20.8. The van der Waals surface area contributed by atoms with Crippen molar-refractivity contribution in [2.45, 2.75) is 30.9 Å². The Kier molecular flexibility index (Phi) is 7.35. The standard InChI is InChI=1S/C26H32N2O7/c1-28-24(15-8-9-19(31-2)20(11-15)32-3)23(25(29)27-14-16-7-6-10-35-16)17-12-21(33-4)22(34-5)13-18(17)26(28)30/h8-9,11-13,16,23-24H,6-7,10,14H2,1-5H3,(H,27,29)/t16-,23-,24-/m1/s1. The Hall–Kier alpha value is -3.46. The molecule has 2 aliphatic heterocycles. The van der Waals surface area contributed by atoms with Gasteiger partial charge in [-0.1, -0.05) is 6.07 Å². The average Bonchev–Trinajstić information content (AvgIpc) is 3.41. The number of ether oxygens (including phenoxy) is 5. The van der Waals surface area contributed by atoms with Gasteiger partial charge in [0.05, 0.1) is 46.5 Å². The summed E-state index contributed by atoms with van der Waals surface area (Å²) in [5.41, 5.74) is 1.73. The summed E-state index contributed by atoms with van der Waals surface area (Å²) in [6, 6.07) is 8.21. The van der Waals surface area contributed by atoms with Crippen LogP contribution in [-0.2, 0) is 9.53 Å². The molecule has 0 aliphatic carbocycles. The first-order chi connectivity index (χ1) is 16.9. The molecule has 2 aromatic rings. The fourth-order valence-corrected chi connectivity index (χ4v) is 4.91. The molecule has 4 rings (SSSR count). The Morgan fingerprint density at radius 3 is 2.29 bits per heavy atom. The number of hydrogen-bond donors (Lipinski definition) is 1. The number of amides is 2. The SMILES string of the molecule is COc1ccc([C@@H]2[C@H](C(=O)NC[C@H]3CCCO3)c3cc(OC)c(OC)cc3C(=O)N2C)cc1OC. The lowest BCUT2D eigenvalue weighted by molar-refractivity contribution is -0.124. The number of likely N-dealkylation sites (N-methyl/N-ethyl adjacent to an activating group) is 1. The maximum Gasteiger partial charge on any atom is 0.254 e. The largest absolute Gasteiger partial charge is 0.493 e. The molecule has 1 fully saturated rings. The van der Waals surface area contributed by atoms with Crippen molar-refractivity contribution < 1.29 is 33.3 Å². The van der Waals surface area contributed by atoms with E-state index in [1.165, 1.54) is 14.2 Å². The predicted octanol–water partition coefficient (Wildman–Crippen LogP) is 2.93. The Bertz CT molecular complexity index is 1100. The number of benzene rings is 2. The minimum absolute atomic E-state index is 0.00805. The lowest BCUT2D eigenvalue weighted by Crippen LogP contribution is -2.46. The topological polar surface area (TPSA) is 95.6 Å². The predicted molar refractivity (Wildman–Crippen MR) is 129 cm³/mol. The van der Waals surface area contributed by atoms with Gasteiger partial charge < -0.3 is 33.9 Å². The van der Waals surface area contributed by atoms with Crippen LogP contribution in [0.2, 0.25) is 0 Å². The second-order valence-corrected chi connectivity index (χ2v) is 8.63. The summed E-state index contributed by atoms with van der Waals surface area (Å²) in [6.07, 6.45) is 1.88. The number of carbonyl (C=O) groups is 2. The highest BCUT2D eigenvalue weighted by atomic mass is 16.5. The van der Waals surface area contributed by atoms with Crippen LogP contribution in [0.5, 0.6) is 23.0 Å². The second-order valence-electron chi connectivity index (χ2n) is 8.63. The van der Waals surface area contributed by atoms with Crippen molar-refractivity contribution in [1.29, 1.82) is 0 Å². The van der Waals surface area contributed by atoms with Gasteiger partial charge in [-0.05, 0) is 48.2 Å². The van der Waals surface area contributed by atoms with Crippen molar-refractivity contribution in [3.8, 4) is 23.0 Å². The van der Waals surface area contributed by atoms with E-state index >= 15 is 0 Å². The highest BCUT2D eigenvalue weighted by Crippen LogP contribution is 2.46. The van der Waals surface area contributed by atoms with Crippen molar-refractivity contribution in [2.75, 3.05) is 48.6 Å². The summed E-state index contributed by atoms with van der Waals surface area (Å²) in [7, 11) is 7.85. The summed E-state index contributed by atoms with van der Waals surface area (Å²) in [6.45, 7) is 1.11. The van der Waals surface area contributed by atoms with Gasteiger partial charge in [-0.15, -0.1) is 0 Å². The molecule has 0 radical (unpaired) electrons. The normalized spacial score (nSPS) is 21.3. The number of carbonyl (C=O) groups excluding carboxylic acids is 2. The molecular formula is C26H32N2O7. The van der Waals surface area contributed by atoms with E-state index in [0.29, 0.717) is 47.3 Å². The molecule has 0 saturated carbocycles. The first kappa shape index (κ1) is 24.7. The van der Waals surface area contributed by atoms with Crippen LogP contribution in [0.1, 0.15) is 46.3 Å². The van der Waals surface area contributed by atoms with Gasteiger partial charge in [-0.25, -0.2) is 0 Å². The van der Waals surface area contributed by atoms with E-state index in [9.17, 15) is 9.59 Å². The van der Waals surface area contributed by atoms with E-state index in [2.05, 4.69) is 5.32 Å². The smallest absolute Gasteiger partial charge is 0.254 e. The third kappa shape index (κ3) is 4.60. The molecule has 0 spiro atoms. The Morgan fingerprint density at radius 1 is 1.00 bits per heavy atom. The van der Waals surface area contributed by atoms with Crippen LogP contribution < -0.4 is 24.3 Å². The molecule has 188 valence electrons. The summed E-state index contributed by atoms with van der Waals surface area (Å²) in [5.74, 6) is 0.835. The monoisotopic (exact) mass is 484 g/mol. The fraction of sp³-hybridized carbons (Fsp3) is 0.462. The molecule has 2 heterocycles. The Morgan fingerprint density at radius 2 is 1.66 bits per heavy atom. The molecule has 0 aromatic heterocycles. The van der Waals surface area contributed by atoms with E-state index in [4.69, 9.17) is 23.7 Å². The zero-order chi connectivity index (χ0) is 25.1. The zero-order valence-electron chi connectivity index (χ0n) is 20.8. The van der Waals surface area contributed by atoms with Crippen molar-refractivity contribution in [1.82, 2.24) is 10.2 Å². The molecule has 35 heavy (non-hydrogen) atoms. The van der Waals surface area contributed by atoms with E-state index in [0.717, 1.165) is 18.4 Å². The van der Waals surface area contributed by atoms with Gasteiger partial charge in [-0.3, -0.25) is 9.59 Å². The molecular weight excluding hydrogens is 452 g/mol. The number of nitrogens with zero attached hydrogens (tertiary/aromatic N) is 1. The molecule has 9 nitrogen and oxygen atoms in total. The lowest BCUT2D eigenvalue weighted by Gasteiger charge is -2.40. The summed E-state index contributed by atoms with van der Waals surface area (Å²) >= 11 is 0. The van der Waals surface area contributed by atoms with Gasteiger partial charge in [0.2, 0.25) is 5.91 Å². The maximum atomic E-state index is 13.8. The number of methoxy groups -OCH3 is 4. The average molecular weight is 485 g/mol. The lowest BCUT2D eigenvalue weighted by atomic mass is 9.79. The van der Waals surface area contributed by atoms with Crippen molar-refractivity contribution in [2.24, 2.45) is 0 Å². The van der Waals surface area contributed by atoms with Crippen molar-refractivity contribution in [3.63, 3.8) is 0 Å². The Balaban J connectivity index is 1.82. The van der Waals surface area contributed by atoms with E-state index in [1.807, 2.05) is 6.07 Å². The van der Waals surface area contributed by atoms with Gasteiger partial charge in [0.1, 0.15) is 0 Å². The minimum Gasteiger partial charge on any atom is -0.493 e. The number of rotatable bonds is 8. The van der Waals surface area contributed by atoms with Gasteiger partial charge in [0.25, 0.3) is 5.91 Å². The van der Waals surface area contributed by atoms with Crippen LogP contribution in [0.15, 0.2) is 30.3 Å². The summed E-state index contributed by atoms with van der Waals surface area (Å²) in [4.78, 5) is 28.8. The molecule has 3 atom stereocenters. The molecule has 0 bridgehead atoms. The second kappa shape index (κ2) is 10.4. The third-order valence-electron chi connectivity index (χ3n) is 6.73. The number of hydrogen-bond acceptors (Lipinski definition) is 7. The first-order valence-electron chi connectivity index (χ1n) is 11.6. The van der Waals surface area contributed by atoms with Crippen LogP contribution in [0, 0.1) is 0 Å². The Labute approximate surface area is 205 Å². The maximum absolute atomic E-state index is 13.8. The van der Waals surface area contributed by atoms with E-state index in [1.54, 1.807) is 50.4 Å². The van der Waals surface area contributed by atoms with E-state index < -0.39 is 12.0 Å². The minimum atomic E-state index is -0.702. The first-order valence-corrected chi connectivity index (χ1v) is 11.6. The molecule has 9 heteroatoms. The number of nitrogens with one attached hydrogen (secondary N) is 1. The molecule has 0 unspecified atom stereocenters. The highest BCUT2D eigenvalue weighted by Gasteiger charge is 2.44. The van der Waals surface area contributed by atoms with Gasteiger partial charge in [-0.2, -0.15) is 0 Å². The molecule has 2 aromatic carbocycles. The highest BCUT2D eigenvalue weighted by molar-refractivity contribution is 6.02. The van der Waals surface area contributed by atoms with Gasteiger partial charge in [0.15, 0.2) is 23.0 Å². The van der Waals surface area contributed by atoms with Gasteiger partial charge in [0, 0.05) is 25.8 Å². The van der Waals surface area contributed by atoms with E-state index in [-0.39, 0.29) is 17.9 Å². The van der Waals surface area contributed by atoms with Crippen LogP contribution in [0.3, 0.4) is 0 Å². The van der Waals surface area contributed by atoms with Crippen molar-refractivity contribution in [3.05, 3.63) is 47.0 Å². The number of fused-ring (bicyclic) bond motifs is 1. The molecule has 1 N–H and O–H groups in total. The summed E-state index contributed by atoms with van der Waals surface area (Å²) in [5, 5.41) is 3.06. The van der Waals surface area contributed by atoms with Crippen LogP contribution in [0.25, 0.3) is 0 Å². The van der Waals surface area contributed by atoms with Crippen LogP contribution in [0.4, 0.5) is 0 Å². The third-order valence-corrected chi connectivity index (χ3v) is 6.73. The molecule has 2 aliphatic rings. The molecule has 1 saturated heterocycles. The summed E-state index contributed by atoms with van der Waals surface area (Å²) < 4.78 is 27.5. The molecule has 2 amide bonds. The van der Waals surface area contributed by atoms with Crippen molar-refractivity contribution >= 4 is 11.8 Å². The fourth-order valence-electron chi connectivity index (χ4n) is 4.91. The van der Waals surface area contributed by atoms with Gasteiger partial charge >= 0.3 is 0 Å². The van der Waals surface area contributed by atoms with Crippen LogP contribution >= 0.6 is 0 Å². The quantitative estimate of drug-likeness (QED) is 0.616. The van der Waals surface area contributed by atoms with Crippen LogP contribution in [-0.4, -0.2) is 71.5 Å².